The van der Waals surface area contributed by atoms with Crippen LogP contribution in [-0.2, 0) is 4.79 Å². The van der Waals surface area contributed by atoms with E-state index in [1.54, 1.807) is 12.1 Å². The van der Waals surface area contributed by atoms with Crippen molar-refractivity contribution in [2.45, 2.75) is 12.3 Å². The van der Waals surface area contributed by atoms with Crippen molar-refractivity contribution < 1.29 is 24.2 Å². The van der Waals surface area contributed by atoms with Crippen LogP contribution in [0.5, 0.6) is 17.2 Å². The summed E-state index contributed by atoms with van der Waals surface area (Å²) >= 11 is 0. The van der Waals surface area contributed by atoms with Gasteiger partial charge in [0.2, 0.25) is 0 Å². The molecule has 1 aliphatic heterocycles. The van der Waals surface area contributed by atoms with Crippen LogP contribution in [0, 0.1) is 0 Å². The molecule has 0 saturated heterocycles. The van der Waals surface area contributed by atoms with Gasteiger partial charge < -0.3 is 19.4 Å². The van der Waals surface area contributed by atoms with Gasteiger partial charge in [0.25, 0.3) is 0 Å². The number of ether oxygens (including phenoxy) is 1. The zero-order chi connectivity index (χ0) is 20.8. The molecule has 2 heterocycles. The molecular formula is C24H16O6. The lowest BCUT2D eigenvalue weighted by molar-refractivity contribution is -0.135. The van der Waals surface area contributed by atoms with Gasteiger partial charge in [-0.15, -0.1) is 0 Å². The van der Waals surface area contributed by atoms with E-state index < -0.39 is 17.3 Å². The topological polar surface area (TPSA) is 97.0 Å². The molecule has 0 saturated carbocycles. The highest BCUT2D eigenvalue weighted by atomic mass is 16.5. The number of hydrogen-bond donors (Lipinski definition) is 2. The SMILES string of the molecule is O=C1C[C@@H](c2ccccc2)c2c(cc3oc(-c4ccc(O)cc4)cc(=O)c3c2O)O1. The Balaban J connectivity index is 1.74. The number of phenols is 2. The van der Waals surface area contributed by atoms with Crippen LogP contribution < -0.4 is 10.2 Å². The van der Waals surface area contributed by atoms with Gasteiger partial charge in [-0.2, -0.15) is 0 Å². The van der Waals surface area contributed by atoms with Crippen LogP contribution in [0.2, 0.25) is 0 Å². The third-order valence-electron chi connectivity index (χ3n) is 5.29. The fraction of sp³-hybridized carbons (Fsp3) is 0.0833. The van der Waals surface area contributed by atoms with Crippen molar-refractivity contribution in [1.82, 2.24) is 0 Å². The first kappa shape index (κ1) is 18.0. The molecule has 0 spiro atoms. The predicted octanol–water partition coefficient (Wildman–Crippen LogP) is 4.31. The maximum absolute atomic E-state index is 12.9. The predicted molar refractivity (Wildman–Crippen MR) is 110 cm³/mol. The van der Waals surface area contributed by atoms with E-state index in [1.165, 1.54) is 24.3 Å². The minimum atomic E-state index is -0.428. The summed E-state index contributed by atoms with van der Waals surface area (Å²) in [6.07, 6.45) is 0.0625. The largest absolute Gasteiger partial charge is 0.508 e. The molecule has 1 atom stereocenters. The zero-order valence-corrected chi connectivity index (χ0v) is 15.7. The molecule has 0 fully saturated rings. The summed E-state index contributed by atoms with van der Waals surface area (Å²) in [7, 11) is 0. The Bertz CT molecular complexity index is 1340. The average molecular weight is 400 g/mol. The second kappa shape index (κ2) is 6.77. The third-order valence-corrected chi connectivity index (χ3v) is 5.29. The van der Waals surface area contributed by atoms with Gasteiger partial charge in [0.05, 0.1) is 6.42 Å². The van der Waals surface area contributed by atoms with Crippen LogP contribution in [0.4, 0.5) is 0 Å². The van der Waals surface area contributed by atoms with Gasteiger partial charge in [-0.1, -0.05) is 30.3 Å². The Labute approximate surface area is 170 Å². The van der Waals surface area contributed by atoms with Gasteiger partial charge in [-0.3, -0.25) is 9.59 Å². The van der Waals surface area contributed by atoms with Crippen molar-refractivity contribution in [3.8, 4) is 28.6 Å². The molecule has 148 valence electrons. The molecule has 0 bridgehead atoms. The first-order valence-corrected chi connectivity index (χ1v) is 9.40. The number of carbonyl (C=O) groups is 1. The lowest BCUT2D eigenvalue weighted by atomic mass is 9.85. The number of benzene rings is 3. The second-order valence-corrected chi connectivity index (χ2v) is 7.17. The summed E-state index contributed by atoms with van der Waals surface area (Å²) in [4.78, 5) is 25.1. The number of carbonyl (C=O) groups excluding carboxylic acids is 1. The molecular weight excluding hydrogens is 384 g/mol. The molecule has 6 nitrogen and oxygen atoms in total. The highest BCUT2D eigenvalue weighted by Crippen LogP contribution is 2.46. The zero-order valence-electron chi connectivity index (χ0n) is 15.7. The number of fused-ring (bicyclic) bond motifs is 2. The van der Waals surface area contributed by atoms with E-state index in [-0.39, 0.29) is 40.4 Å². The quantitative estimate of drug-likeness (QED) is 0.384. The molecule has 5 rings (SSSR count). The lowest BCUT2D eigenvalue weighted by Crippen LogP contribution is -2.21. The minimum Gasteiger partial charge on any atom is -0.508 e. The molecule has 2 N–H and O–H groups in total. The minimum absolute atomic E-state index is 0.0372. The maximum Gasteiger partial charge on any atom is 0.312 e. The molecule has 1 aromatic heterocycles. The van der Waals surface area contributed by atoms with E-state index in [1.807, 2.05) is 30.3 Å². The van der Waals surface area contributed by atoms with Crippen molar-refractivity contribution >= 4 is 16.9 Å². The van der Waals surface area contributed by atoms with Crippen LogP contribution in [0.3, 0.4) is 0 Å². The molecule has 6 heteroatoms. The number of esters is 1. The van der Waals surface area contributed by atoms with Crippen LogP contribution in [-0.4, -0.2) is 16.2 Å². The second-order valence-electron chi connectivity index (χ2n) is 7.17. The Morgan fingerprint density at radius 2 is 1.63 bits per heavy atom. The molecule has 0 radical (unpaired) electrons. The summed E-state index contributed by atoms with van der Waals surface area (Å²) in [5, 5.41) is 20.5. The van der Waals surface area contributed by atoms with Crippen molar-refractivity contribution in [2.75, 3.05) is 0 Å². The van der Waals surface area contributed by atoms with Gasteiger partial charge in [0.1, 0.15) is 34.0 Å². The highest BCUT2D eigenvalue weighted by molar-refractivity contribution is 5.91. The van der Waals surface area contributed by atoms with Crippen molar-refractivity contribution in [3.05, 3.63) is 88.1 Å². The number of hydrogen-bond acceptors (Lipinski definition) is 6. The van der Waals surface area contributed by atoms with E-state index in [2.05, 4.69) is 0 Å². The average Bonchev–Trinajstić information content (AvgIpc) is 2.73. The van der Waals surface area contributed by atoms with E-state index in [9.17, 15) is 19.8 Å². The lowest BCUT2D eigenvalue weighted by Gasteiger charge is -2.26. The maximum atomic E-state index is 12.9. The van der Waals surface area contributed by atoms with Gasteiger partial charge in [0.15, 0.2) is 5.43 Å². The van der Waals surface area contributed by atoms with Crippen LogP contribution in [0.15, 0.2) is 75.9 Å². The van der Waals surface area contributed by atoms with Gasteiger partial charge in [-0.25, -0.2) is 0 Å². The Morgan fingerprint density at radius 3 is 2.37 bits per heavy atom. The van der Waals surface area contributed by atoms with Gasteiger partial charge in [-0.05, 0) is 29.8 Å². The summed E-state index contributed by atoms with van der Waals surface area (Å²) in [5.74, 6) is -0.554. The molecule has 3 aromatic carbocycles. The molecule has 0 amide bonds. The first-order chi connectivity index (χ1) is 14.5. The normalized spacial score (nSPS) is 15.6. The molecule has 30 heavy (non-hydrogen) atoms. The Hall–Kier alpha value is -4.06. The molecule has 1 aliphatic rings. The van der Waals surface area contributed by atoms with Gasteiger partial charge in [0, 0.05) is 29.2 Å². The number of aromatic hydroxyl groups is 2. The standard InChI is InChI=1S/C24H16O6/c25-15-8-6-14(7-9-15)18-11-17(26)23-20(29-18)12-19-22(24(23)28)16(10-21(27)30-19)13-4-2-1-3-5-13/h1-9,11-12,16,25,28H,10H2/t16-/m0/s1. The molecule has 0 unspecified atom stereocenters. The number of rotatable bonds is 2. The van der Waals surface area contributed by atoms with Crippen LogP contribution in [0.1, 0.15) is 23.5 Å². The Morgan fingerprint density at radius 1 is 0.900 bits per heavy atom. The fourth-order valence-corrected chi connectivity index (χ4v) is 3.89. The van der Waals surface area contributed by atoms with E-state index in [0.717, 1.165) is 5.56 Å². The monoisotopic (exact) mass is 400 g/mol. The smallest absolute Gasteiger partial charge is 0.312 e. The van der Waals surface area contributed by atoms with E-state index in [4.69, 9.17) is 9.15 Å². The summed E-state index contributed by atoms with van der Waals surface area (Å²) in [5.41, 5.74) is 1.53. The molecule has 0 aliphatic carbocycles. The first-order valence-electron chi connectivity index (χ1n) is 9.40. The summed E-state index contributed by atoms with van der Waals surface area (Å²) in [6, 6.07) is 18.3. The van der Waals surface area contributed by atoms with Crippen LogP contribution in [0.25, 0.3) is 22.3 Å². The van der Waals surface area contributed by atoms with E-state index >= 15 is 0 Å². The van der Waals surface area contributed by atoms with Crippen molar-refractivity contribution in [3.63, 3.8) is 0 Å². The van der Waals surface area contributed by atoms with Crippen molar-refractivity contribution in [1.29, 1.82) is 0 Å². The third kappa shape index (κ3) is 2.90. The van der Waals surface area contributed by atoms with Crippen molar-refractivity contribution in [2.24, 2.45) is 0 Å². The Kier molecular flexibility index (Phi) is 4.06. The summed E-state index contributed by atoms with van der Waals surface area (Å²) < 4.78 is 11.2. The van der Waals surface area contributed by atoms with Gasteiger partial charge >= 0.3 is 5.97 Å². The highest BCUT2D eigenvalue weighted by Gasteiger charge is 2.33. The molecule has 4 aromatic rings. The van der Waals surface area contributed by atoms with E-state index in [0.29, 0.717) is 11.1 Å². The summed E-state index contributed by atoms with van der Waals surface area (Å²) in [6.45, 7) is 0. The fourth-order valence-electron chi connectivity index (χ4n) is 3.89. The van der Waals surface area contributed by atoms with Crippen LogP contribution >= 0.6 is 0 Å². The number of phenolic OH excluding ortho intramolecular Hbond substituents is 2.